The van der Waals surface area contributed by atoms with Crippen molar-refractivity contribution < 1.29 is 4.79 Å². The van der Waals surface area contributed by atoms with Crippen LogP contribution in [-0.2, 0) is 11.2 Å². The highest BCUT2D eigenvalue weighted by Gasteiger charge is 2.39. The number of thiocarbonyl (C=S) groups is 1. The van der Waals surface area contributed by atoms with Crippen LogP contribution in [0.2, 0.25) is 10.0 Å². The average molecular weight is 494 g/mol. The summed E-state index contributed by atoms with van der Waals surface area (Å²) in [6.07, 6.45) is 0.553. The first-order valence-corrected chi connectivity index (χ1v) is 11.7. The Morgan fingerprint density at radius 2 is 1.79 bits per heavy atom. The first kappa shape index (κ1) is 23.3. The molecule has 0 saturated carbocycles. The van der Waals surface area contributed by atoms with Crippen molar-refractivity contribution in [1.82, 2.24) is 4.90 Å². The molecule has 1 unspecified atom stereocenters. The summed E-state index contributed by atoms with van der Waals surface area (Å²) in [5.74, 6) is -0.411. The molecule has 3 aromatic rings. The molecule has 1 aliphatic heterocycles. The number of hydrogen-bond acceptors (Lipinski definition) is 3. The number of nitrogens with zero attached hydrogens (tertiary/aromatic N) is 3. The zero-order chi connectivity index (χ0) is 23.5. The van der Waals surface area contributed by atoms with Gasteiger partial charge in [0.25, 0.3) is 0 Å². The average Bonchev–Trinajstić information content (AvgIpc) is 2.82. The van der Waals surface area contributed by atoms with Crippen LogP contribution in [0.25, 0.3) is 0 Å². The number of nitriles is 1. The summed E-state index contributed by atoms with van der Waals surface area (Å²) in [4.78, 5) is 17.3. The van der Waals surface area contributed by atoms with Crippen LogP contribution in [0.3, 0.4) is 0 Å². The lowest BCUT2D eigenvalue weighted by atomic mass is 9.94. The Labute approximate surface area is 208 Å². The third-order valence-electron chi connectivity index (χ3n) is 5.90. The lowest BCUT2D eigenvalue weighted by molar-refractivity contribution is -0.123. The molecule has 0 bridgehead atoms. The van der Waals surface area contributed by atoms with Crippen molar-refractivity contribution in [2.24, 2.45) is 5.92 Å². The Bertz CT molecular complexity index is 1220. The number of benzene rings is 3. The van der Waals surface area contributed by atoms with Gasteiger partial charge in [0.15, 0.2) is 5.11 Å². The van der Waals surface area contributed by atoms with Crippen molar-refractivity contribution in [3.05, 3.63) is 99.5 Å². The second-order valence-corrected chi connectivity index (χ2v) is 9.21. The second kappa shape index (κ2) is 9.93. The van der Waals surface area contributed by atoms with Gasteiger partial charge in [0.1, 0.15) is 6.07 Å². The minimum absolute atomic E-state index is 0.0316. The van der Waals surface area contributed by atoms with Gasteiger partial charge in [-0.05, 0) is 67.0 Å². The Morgan fingerprint density at radius 3 is 2.42 bits per heavy atom. The molecule has 0 N–H and O–H groups in total. The standard InChI is InChI=1S/C26H21Cl2N3OS/c1-17(19-5-3-2-4-6-19)30-16-21(13-18-7-10-22(27)11-8-18)25(32)31(26(30)33)23-12-9-20(15-29)24(28)14-23/h2-12,14,17,21H,13,16H2,1H3/t17-,21?/m0/s1. The van der Waals surface area contributed by atoms with Crippen LogP contribution in [0.5, 0.6) is 0 Å². The molecular weight excluding hydrogens is 473 g/mol. The van der Waals surface area contributed by atoms with Gasteiger partial charge in [-0.2, -0.15) is 5.26 Å². The number of rotatable bonds is 5. The monoisotopic (exact) mass is 493 g/mol. The van der Waals surface area contributed by atoms with E-state index < -0.39 is 0 Å². The van der Waals surface area contributed by atoms with Crippen molar-refractivity contribution in [3.63, 3.8) is 0 Å². The fourth-order valence-corrected chi connectivity index (χ4v) is 4.83. The minimum Gasteiger partial charge on any atom is -0.341 e. The van der Waals surface area contributed by atoms with Crippen molar-refractivity contribution in [2.75, 3.05) is 11.4 Å². The Kier molecular flexibility index (Phi) is 6.99. The van der Waals surface area contributed by atoms with Crippen molar-refractivity contribution in [1.29, 1.82) is 5.26 Å². The van der Waals surface area contributed by atoms with Gasteiger partial charge in [-0.15, -0.1) is 0 Å². The van der Waals surface area contributed by atoms with Crippen LogP contribution < -0.4 is 4.90 Å². The number of carbonyl (C=O) groups is 1. The SMILES string of the molecule is C[C@@H](c1ccccc1)N1CC(Cc2ccc(Cl)cc2)C(=O)N(c2ccc(C#N)c(Cl)c2)C1=S. The Balaban J connectivity index is 1.72. The third-order valence-corrected chi connectivity index (χ3v) is 6.88. The van der Waals surface area contributed by atoms with Crippen molar-refractivity contribution in [2.45, 2.75) is 19.4 Å². The zero-order valence-electron chi connectivity index (χ0n) is 17.9. The van der Waals surface area contributed by atoms with Gasteiger partial charge < -0.3 is 4.90 Å². The summed E-state index contributed by atoms with van der Waals surface area (Å²) < 4.78 is 0. The highest BCUT2D eigenvalue weighted by molar-refractivity contribution is 7.80. The maximum absolute atomic E-state index is 13.7. The highest BCUT2D eigenvalue weighted by atomic mass is 35.5. The second-order valence-electron chi connectivity index (χ2n) is 8.00. The van der Waals surface area contributed by atoms with Crippen LogP contribution in [0.1, 0.15) is 29.7 Å². The predicted molar refractivity (Wildman–Crippen MR) is 136 cm³/mol. The van der Waals surface area contributed by atoms with Gasteiger partial charge >= 0.3 is 0 Å². The lowest BCUT2D eigenvalue weighted by Gasteiger charge is -2.44. The first-order chi connectivity index (χ1) is 15.9. The fraction of sp³-hybridized carbons (Fsp3) is 0.192. The number of carbonyl (C=O) groups excluding carboxylic acids is 1. The molecule has 166 valence electrons. The number of halogens is 2. The third kappa shape index (κ3) is 4.89. The molecule has 1 saturated heterocycles. The van der Waals surface area contributed by atoms with Gasteiger partial charge in [0.2, 0.25) is 5.91 Å². The topological polar surface area (TPSA) is 47.3 Å². The van der Waals surface area contributed by atoms with Crippen LogP contribution in [0.15, 0.2) is 72.8 Å². The molecule has 1 amide bonds. The number of hydrogen-bond donors (Lipinski definition) is 0. The largest absolute Gasteiger partial charge is 0.341 e. The summed E-state index contributed by atoms with van der Waals surface area (Å²) in [7, 11) is 0. The lowest BCUT2D eigenvalue weighted by Crippen LogP contribution is -2.57. The van der Waals surface area contributed by atoms with E-state index in [0.29, 0.717) is 34.4 Å². The van der Waals surface area contributed by atoms with E-state index in [9.17, 15) is 10.1 Å². The van der Waals surface area contributed by atoms with Crippen molar-refractivity contribution in [3.8, 4) is 6.07 Å². The molecule has 3 aromatic carbocycles. The molecule has 4 rings (SSSR count). The van der Waals surface area contributed by atoms with E-state index in [1.165, 1.54) is 0 Å². The molecule has 1 aliphatic rings. The summed E-state index contributed by atoms with van der Waals surface area (Å²) in [6, 6.07) is 24.6. The van der Waals surface area contributed by atoms with E-state index in [-0.39, 0.29) is 22.9 Å². The van der Waals surface area contributed by atoms with E-state index >= 15 is 0 Å². The van der Waals surface area contributed by atoms with E-state index in [2.05, 4.69) is 30.0 Å². The van der Waals surface area contributed by atoms with Crippen LogP contribution in [0.4, 0.5) is 5.69 Å². The van der Waals surface area contributed by atoms with Gasteiger partial charge in [-0.3, -0.25) is 9.69 Å². The van der Waals surface area contributed by atoms with E-state index in [4.69, 9.17) is 35.4 Å². The normalized spacial score (nSPS) is 17.1. The Morgan fingerprint density at radius 1 is 1.09 bits per heavy atom. The molecular formula is C26H21Cl2N3OS. The molecule has 7 heteroatoms. The number of amides is 1. The number of anilines is 1. The van der Waals surface area contributed by atoms with Crippen LogP contribution in [0, 0.1) is 17.2 Å². The van der Waals surface area contributed by atoms with Crippen LogP contribution >= 0.6 is 35.4 Å². The summed E-state index contributed by atoms with van der Waals surface area (Å²) in [5.41, 5.74) is 3.04. The van der Waals surface area contributed by atoms with Gasteiger partial charge in [-0.25, -0.2) is 0 Å². The molecule has 0 aliphatic carbocycles. The van der Waals surface area contributed by atoms with Crippen molar-refractivity contribution >= 4 is 52.1 Å². The zero-order valence-corrected chi connectivity index (χ0v) is 20.2. The smallest absolute Gasteiger partial charge is 0.238 e. The first-order valence-electron chi connectivity index (χ1n) is 10.5. The Hall–Kier alpha value is -2.91. The molecule has 1 fully saturated rings. The fourth-order valence-electron chi connectivity index (χ4n) is 4.06. The van der Waals surface area contributed by atoms with Gasteiger partial charge in [0, 0.05) is 11.6 Å². The van der Waals surface area contributed by atoms with Gasteiger partial charge in [0.05, 0.1) is 28.2 Å². The molecule has 0 spiro atoms. The molecule has 33 heavy (non-hydrogen) atoms. The molecule has 4 nitrogen and oxygen atoms in total. The van der Waals surface area contributed by atoms with Gasteiger partial charge in [-0.1, -0.05) is 65.7 Å². The van der Waals surface area contributed by atoms with E-state index in [1.807, 2.05) is 42.5 Å². The van der Waals surface area contributed by atoms with Crippen LogP contribution in [-0.4, -0.2) is 22.5 Å². The molecule has 1 heterocycles. The molecule has 0 radical (unpaired) electrons. The minimum atomic E-state index is -0.321. The van der Waals surface area contributed by atoms with E-state index in [0.717, 1.165) is 11.1 Å². The van der Waals surface area contributed by atoms with E-state index in [1.54, 1.807) is 23.1 Å². The summed E-state index contributed by atoms with van der Waals surface area (Å²) >= 11 is 18.2. The molecule has 2 atom stereocenters. The summed E-state index contributed by atoms with van der Waals surface area (Å²) in [5, 5.41) is 10.6. The highest BCUT2D eigenvalue weighted by Crippen LogP contribution is 2.33. The quantitative estimate of drug-likeness (QED) is 0.384. The maximum atomic E-state index is 13.7. The maximum Gasteiger partial charge on any atom is 0.238 e. The molecule has 0 aromatic heterocycles. The predicted octanol–water partition coefficient (Wildman–Crippen LogP) is 6.42. The summed E-state index contributed by atoms with van der Waals surface area (Å²) in [6.45, 7) is 2.58.